The molecule has 3 rings (SSSR count). The molecule has 1 aliphatic rings. The maximum atomic E-state index is 12.5. The molecule has 0 fully saturated rings. The van der Waals surface area contributed by atoms with Crippen LogP contribution in [0.2, 0.25) is 0 Å². The van der Waals surface area contributed by atoms with E-state index in [2.05, 4.69) is 37.8 Å². The van der Waals surface area contributed by atoms with Gasteiger partial charge in [0.1, 0.15) is 0 Å². The fourth-order valence-corrected chi connectivity index (χ4v) is 3.57. The van der Waals surface area contributed by atoms with Gasteiger partial charge in [-0.1, -0.05) is 18.7 Å². The van der Waals surface area contributed by atoms with Gasteiger partial charge in [-0.3, -0.25) is 14.0 Å². The van der Waals surface area contributed by atoms with E-state index in [0.29, 0.717) is 41.1 Å². The number of nitrogens with one attached hydrogen (secondary N) is 4. The van der Waals surface area contributed by atoms with Gasteiger partial charge in [-0.15, -0.1) is 0 Å². The second-order valence-corrected chi connectivity index (χ2v) is 8.21. The molecule has 2 heterocycles. The van der Waals surface area contributed by atoms with Gasteiger partial charge in [-0.25, -0.2) is 4.98 Å². The minimum Gasteiger partial charge on any atom is -0.481 e. The Kier molecular flexibility index (Phi) is 8.36. The van der Waals surface area contributed by atoms with Crippen molar-refractivity contribution in [3.8, 4) is 5.88 Å². The third-order valence-electron chi connectivity index (χ3n) is 4.47. The minimum atomic E-state index is -1.29. The Bertz CT molecular complexity index is 1130. The third kappa shape index (κ3) is 7.04. The lowest BCUT2D eigenvalue weighted by atomic mass is 10.2. The van der Waals surface area contributed by atoms with Gasteiger partial charge in [-0.05, 0) is 36.8 Å². The van der Waals surface area contributed by atoms with E-state index in [1.165, 1.54) is 6.08 Å². The molecule has 0 aliphatic carbocycles. The maximum absolute atomic E-state index is 12.5. The van der Waals surface area contributed by atoms with Crippen LogP contribution in [0.1, 0.15) is 6.42 Å². The van der Waals surface area contributed by atoms with Crippen LogP contribution in [0.15, 0.2) is 83.1 Å². The number of aliphatic imine (C=N–C) groups is 1. The maximum Gasteiger partial charge on any atom is 0.247 e. The third-order valence-corrected chi connectivity index (χ3v) is 5.42. The monoisotopic (exact) mass is 466 g/mol. The van der Waals surface area contributed by atoms with Crippen LogP contribution in [0.5, 0.6) is 5.88 Å². The predicted octanol–water partition coefficient (Wildman–Crippen LogP) is 3.19. The number of hydrogen-bond acceptors (Lipinski definition) is 8. The summed E-state index contributed by atoms with van der Waals surface area (Å²) in [7, 11) is 0.268. The molecule has 0 bridgehead atoms. The number of amides is 1. The van der Waals surface area contributed by atoms with E-state index >= 15 is 0 Å². The van der Waals surface area contributed by atoms with Gasteiger partial charge in [0, 0.05) is 36.4 Å². The number of guanidine groups is 1. The van der Waals surface area contributed by atoms with E-state index in [9.17, 15) is 9.00 Å². The van der Waals surface area contributed by atoms with Gasteiger partial charge in [0.2, 0.25) is 11.8 Å². The number of carbonyl (C=O) groups is 1. The molecule has 0 spiro atoms. The number of methoxy groups -OCH3 is 1. The molecular weight excluding hydrogens is 440 g/mol. The van der Waals surface area contributed by atoms with Gasteiger partial charge in [-0.2, -0.15) is 0 Å². The topological polar surface area (TPSA) is 117 Å². The molecule has 1 unspecified atom stereocenters. The fourth-order valence-electron chi connectivity index (χ4n) is 2.90. The number of carbonyl (C=O) groups excluding carboxylic acids is 1. The Morgan fingerprint density at radius 2 is 2.03 bits per heavy atom. The molecule has 1 aromatic heterocycles. The van der Waals surface area contributed by atoms with Crippen LogP contribution in [-0.4, -0.2) is 41.0 Å². The Hall–Kier alpha value is -3.92. The highest BCUT2D eigenvalue weighted by Gasteiger charge is 2.13. The summed E-state index contributed by atoms with van der Waals surface area (Å²) in [6.07, 6.45) is 8.69. The summed E-state index contributed by atoms with van der Waals surface area (Å²) in [5, 5.41) is 12.3. The van der Waals surface area contributed by atoms with Gasteiger partial charge < -0.3 is 26.0 Å². The molecule has 33 heavy (non-hydrogen) atoms. The van der Waals surface area contributed by atoms with E-state index in [4.69, 9.17) is 4.74 Å². The van der Waals surface area contributed by atoms with Crippen LogP contribution in [-0.2, 0) is 15.6 Å². The molecule has 10 heteroatoms. The number of hydrogen-bond donors (Lipinski definition) is 4. The largest absolute Gasteiger partial charge is 0.481 e. The molecule has 172 valence electrons. The first kappa shape index (κ1) is 23.7. The first-order valence-corrected chi connectivity index (χ1v) is 11.7. The number of rotatable bonds is 7. The molecule has 0 saturated carbocycles. The highest BCUT2D eigenvalue weighted by atomic mass is 32.2. The molecule has 0 radical (unpaired) electrons. The normalized spacial score (nSPS) is 17.7. The number of anilines is 3. The van der Waals surface area contributed by atoms with Crippen molar-refractivity contribution in [1.82, 2.24) is 10.3 Å². The van der Waals surface area contributed by atoms with Crippen LogP contribution >= 0.6 is 0 Å². The second-order valence-electron chi connectivity index (χ2n) is 6.86. The number of ether oxygens (including phenoxy) is 1. The molecule has 1 amide bonds. The van der Waals surface area contributed by atoms with Gasteiger partial charge in [0.05, 0.1) is 40.4 Å². The lowest BCUT2D eigenvalue weighted by Crippen LogP contribution is -2.27. The van der Waals surface area contributed by atoms with Crippen LogP contribution in [0.4, 0.5) is 17.1 Å². The summed E-state index contributed by atoms with van der Waals surface area (Å²) in [6, 6.07) is 10.8. The molecule has 1 aromatic carbocycles. The molecule has 4 N–H and O–H groups in total. The first-order valence-electron chi connectivity index (χ1n) is 10.1. The summed E-state index contributed by atoms with van der Waals surface area (Å²) in [6.45, 7) is 3.97. The van der Waals surface area contributed by atoms with Gasteiger partial charge in [0.25, 0.3) is 0 Å². The minimum absolute atomic E-state index is 0.294. The first-order chi connectivity index (χ1) is 16.0. The second kappa shape index (κ2) is 11.6. The van der Waals surface area contributed by atoms with Crippen molar-refractivity contribution < 1.29 is 13.7 Å². The van der Waals surface area contributed by atoms with Gasteiger partial charge in [0.15, 0.2) is 5.96 Å². The molecule has 1 atom stereocenters. The van der Waals surface area contributed by atoms with Crippen LogP contribution < -0.4 is 26.0 Å². The summed E-state index contributed by atoms with van der Waals surface area (Å²) in [4.78, 5) is 20.9. The molecule has 0 saturated heterocycles. The van der Waals surface area contributed by atoms with Crippen molar-refractivity contribution >= 4 is 39.7 Å². The number of benzene rings is 1. The molecule has 2 aromatic rings. The zero-order valence-corrected chi connectivity index (χ0v) is 19.2. The van der Waals surface area contributed by atoms with E-state index in [-0.39, 0.29) is 5.91 Å². The van der Waals surface area contributed by atoms with Crippen LogP contribution in [0.3, 0.4) is 0 Å². The van der Waals surface area contributed by atoms with Crippen molar-refractivity contribution in [2.24, 2.45) is 4.99 Å². The lowest BCUT2D eigenvalue weighted by Gasteiger charge is -2.15. The smallest absolute Gasteiger partial charge is 0.247 e. The number of pyridine rings is 1. The lowest BCUT2D eigenvalue weighted by molar-refractivity contribution is -0.111. The highest BCUT2D eigenvalue weighted by Crippen LogP contribution is 2.22. The van der Waals surface area contributed by atoms with E-state index in [0.717, 1.165) is 11.4 Å². The average Bonchev–Trinajstić information content (AvgIpc) is 2.90. The molecule has 9 nitrogen and oxygen atoms in total. The summed E-state index contributed by atoms with van der Waals surface area (Å²) in [5.74, 6) is 0.729. The summed E-state index contributed by atoms with van der Waals surface area (Å²) in [5.41, 5.74) is 2.79. The van der Waals surface area contributed by atoms with Gasteiger partial charge >= 0.3 is 0 Å². The standard InChI is InChI=1S/C23H26N6O3S/c1-4-21(30)28-17-8-5-7-16(13-17)27-19-9-6-12-24-23(26-15-20(19)33(3)31)29-18-10-11-22(32-2)25-14-18/h4-5,7-11,13-15,27H,1,6,12H2,2-3H3,(H,28,30)(H2,24,26,29)/b19-9-,20-15+. The van der Waals surface area contributed by atoms with Crippen molar-refractivity contribution in [3.05, 3.63) is 78.1 Å². The molecular formula is C23H26N6O3S. The SMILES string of the molecule is C=CC(=O)Nc1cccc(NC2=C\CCN=C(Nc3ccc(OC)nc3)N/C=C\2S(C)=O)c1. The zero-order valence-electron chi connectivity index (χ0n) is 18.4. The zero-order chi connectivity index (χ0) is 23.6. The summed E-state index contributed by atoms with van der Waals surface area (Å²) < 4.78 is 17.6. The fraction of sp³-hybridized carbons (Fsp3) is 0.174. The number of aromatic nitrogens is 1. The summed E-state index contributed by atoms with van der Waals surface area (Å²) >= 11 is 0. The Morgan fingerprint density at radius 1 is 1.21 bits per heavy atom. The van der Waals surface area contributed by atoms with Crippen molar-refractivity contribution in [1.29, 1.82) is 0 Å². The van der Waals surface area contributed by atoms with Crippen LogP contribution in [0, 0.1) is 0 Å². The Labute approximate surface area is 195 Å². The van der Waals surface area contributed by atoms with E-state index in [1.807, 2.05) is 24.3 Å². The van der Waals surface area contributed by atoms with Crippen LogP contribution in [0.25, 0.3) is 0 Å². The van der Waals surface area contributed by atoms with Crippen molar-refractivity contribution in [3.63, 3.8) is 0 Å². The van der Waals surface area contributed by atoms with E-state index in [1.54, 1.807) is 44.0 Å². The van der Waals surface area contributed by atoms with E-state index < -0.39 is 10.8 Å². The Balaban J connectivity index is 1.77. The van der Waals surface area contributed by atoms with Crippen molar-refractivity contribution in [2.45, 2.75) is 6.42 Å². The highest BCUT2D eigenvalue weighted by molar-refractivity contribution is 7.88. The predicted molar refractivity (Wildman–Crippen MR) is 134 cm³/mol. The average molecular weight is 467 g/mol. The van der Waals surface area contributed by atoms with Crippen molar-refractivity contribution in [2.75, 3.05) is 35.9 Å². The molecule has 1 aliphatic heterocycles. The number of nitrogens with zero attached hydrogens (tertiary/aromatic N) is 2. The Morgan fingerprint density at radius 3 is 2.73 bits per heavy atom. The quantitative estimate of drug-likeness (QED) is 0.463.